The summed E-state index contributed by atoms with van der Waals surface area (Å²) in [6.07, 6.45) is 1.30. The molecule has 0 aliphatic carbocycles. The maximum absolute atomic E-state index is 13.3. The van der Waals surface area contributed by atoms with Gasteiger partial charge in [-0.2, -0.15) is 0 Å². The zero-order chi connectivity index (χ0) is 10.8. The second-order valence-electron chi connectivity index (χ2n) is 2.96. The van der Waals surface area contributed by atoms with E-state index in [4.69, 9.17) is 10.2 Å². The maximum atomic E-state index is 13.3. The van der Waals surface area contributed by atoms with Crippen molar-refractivity contribution in [3.05, 3.63) is 40.6 Å². The molecule has 0 aliphatic rings. The summed E-state index contributed by atoms with van der Waals surface area (Å²) in [4.78, 5) is 3.94. The number of oxazole rings is 1. The normalized spacial score (nSPS) is 10.6. The molecule has 2 aromatic rings. The molecule has 0 unspecified atom stereocenters. The predicted octanol–water partition coefficient (Wildman–Crippen LogP) is 2.70. The Bertz CT molecular complexity index is 484. The third-order valence-electron chi connectivity index (χ3n) is 2.02. The second kappa shape index (κ2) is 4.12. The van der Waals surface area contributed by atoms with Gasteiger partial charge in [0.15, 0.2) is 12.2 Å². The molecule has 2 N–H and O–H groups in total. The molecule has 0 radical (unpaired) electrons. The predicted molar refractivity (Wildman–Crippen MR) is 57.5 cm³/mol. The van der Waals surface area contributed by atoms with Crippen molar-refractivity contribution in [2.45, 2.75) is 6.54 Å². The quantitative estimate of drug-likeness (QED) is 0.913. The van der Waals surface area contributed by atoms with Gasteiger partial charge in [-0.05, 0) is 34.1 Å². The van der Waals surface area contributed by atoms with Crippen molar-refractivity contribution in [1.29, 1.82) is 0 Å². The van der Waals surface area contributed by atoms with Gasteiger partial charge in [0.1, 0.15) is 11.5 Å². The summed E-state index contributed by atoms with van der Waals surface area (Å²) in [5.74, 6) is 0.177. The lowest BCUT2D eigenvalue weighted by atomic mass is 10.1. The van der Waals surface area contributed by atoms with E-state index in [-0.39, 0.29) is 12.4 Å². The first kappa shape index (κ1) is 10.3. The van der Waals surface area contributed by atoms with Crippen molar-refractivity contribution < 1.29 is 8.81 Å². The Morgan fingerprint density at radius 2 is 2.27 bits per heavy atom. The maximum Gasteiger partial charge on any atom is 0.181 e. The molecule has 5 heteroatoms. The van der Waals surface area contributed by atoms with Gasteiger partial charge in [0.25, 0.3) is 0 Å². The minimum Gasteiger partial charge on any atom is -0.443 e. The molecule has 15 heavy (non-hydrogen) atoms. The van der Waals surface area contributed by atoms with Crippen molar-refractivity contribution in [1.82, 2.24) is 4.98 Å². The highest BCUT2D eigenvalue weighted by Crippen LogP contribution is 2.26. The molecule has 1 heterocycles. The average molecular weight is 271 g/mol. The SMILES string of the molecule is NCc1ncoc1-c1ccc(Br)c(F)c1. The number of rotatable bonds is 2. The van der Waals surface area contributed by atoms with E-state index in [1.54, 1.807) is 12.1 Å². The van der Waals surface area contributed by atoms with E-state index in [2.05, 4.69) is 20.9 Å². The Morgan fingerprint density at radius 3 is 2.93 bits per heavy atom. The highest BCUT2D eigenvalue weighted by atomic mass is 79.9. The van der Waals surface area contributed by atoms with Gasteiger partial charge in [-0.1, -0.05) is 0 Å². The molecule has 0 fully saturated rings. The summed E-state index contributed by atoms with van der Waals surface area (Å²) in [5, 5.41) is 0. The first-order valence-corrected chi connectivity index (χ1v) is 5.09. The van der Waals surface area contributed by atoms with Crippen LogP contribution in [0, 0.1) is 5.82 Å². The summed E-state index contributed by atoms with van der Waals surface area (Å²) in [5.41, 5.74) is 6.73. The van der Waals surface area contributed by atoms with E-state index < -0.39 is 0 Å². The third kappa shape index (κ3) is 1.93. The smallest absolute Gasteiger partial charge is 0.181 e. The Morgan fingerprint density at radius 1 is 1.47 bits per heavy atom. The molecule has 3 nitrogen and oxygen atoms in total. The van der Waals surface area contributed by atoms with Crippen LogP contribution in [0.4, 0.5) is 4.39 Å². The Labute approximate surface area is 94.2 Å². The van der Waals surface area contributed by atoms with Crippen molar-refractivity contribution >= 4 is 15.9 Å². The van der Waals surface area contributed by atoms with Crippen LogP contribution in [0.15, 0.2) is 33.5 Å². The van der Waals surface area contributed by atoms with E-state index in [0.717, 1.165) is 0 Å². The zero-order valence-corrected chi connectivity index (χ0v) is 9.29. The topological polar surface area (TPSA) is 52.0 Å². The minimum absolute atomic E-state index is 0.267. The number of hydrogen-bond acceptors (Lipinski definition) is 3. The molecule has 0 aliphatic heterocycles. The van der Waals surface area contributed by atoms with Crippen LogP contribution in [-0.2, 0) is 6.54 Å². The first-order chi connectivity index (χ1) is 7.22. The van der Waals surface area contributed by atoms with E-state index in [1.165, 1.54) is 12.5 Å². The number of benzene rings is 1. The number of halogens is 2. The van der Waals surface area contributed by atoms with E-state index in [9.17, 15) is 4.39 Å². The summed E-state index contributed by atoms with van der Waals surface area (Å²) in [7, 11) is 0. The van der Waals surface area contributed by atoms with Crippen molar-refractivity contribution in [3.8, 4) is 11.3 Å². The zero-order valence-electron chi connectivity index (χ0n) is 7.71. The fraction of sp³-hybridized carbons (Fsp3) is 0.100. The number of aromatic nitrogens is 1. The molecule has 0 atom stereocenters. The lowest BCUT2D eigenvalue weighted by Crippen LogP contribution is -1.98. The molecule has 0 saturated heterocycles. The molecule has 0 spiro atoms. The van der Waals surface area contributed by atoms with Gasteiger partial charge in [-0.15, -0.1) is 0 Å². The van der Waals surface area contributed by atoms with Crippen LogP contribution in [0.1, 0.15) is 5.69 Å². The monoisotopic (exact) mass is 270 g/mol. The standard InChI is InChI=1S/C10H8BrFN2O/c11-7-2-1-6(3-8(7)12)10-9(4-13)14-5-15-10/h1-3,5H,4,13H2. The van der Waals surface area contributed by atoms with Gasteiger partial charge in [0.05, 0.1) is 4.47 Å². The summed E-state index contributed by atoms with van der Waals surface area (Å²) < 4.78 is 18.8. The fourth-order valence-corrected chi connectivity index (χ4v) is 1.53. The third-order valence-corrected chi connectivity index (χ3v) is 2.66. The Hall–Kier alpha value is -1.20. The largest absolute Gasteiger partial charge is 0.443 e. The Balaban J connectivity index is 2.50. The summed E-state index contributed by atoms with van der Waals surface area (Å²) in [6.45, 7) is 0.267. The van der Waals surface area contributed by atoms with E-state index in [1.807, 2.05) is 0 Å². The van der Waals surface area contributed by atoms with Gasteiger partial charge in [0.2, 0.25) is 0 Å². The van der Waals surface area contributed by atoms with Crippen LogP contribution in [0.25, 0.3) is 11.3 Å². The van der Waals surface area contributed by atoms with E-state index in [0.29, 0.717) is 21.5 Å². The molecular weight excluding hydrogens is 263 g/mol. The van der Waals surface area contributed by atoms with Crippen LogP contribution in [0.2, 0.25) is 0 Å². The average Bonchev–Trinajstić information content (AvgIpc) is 2.70. The van der Waals surface area contributed by atoms with Crippen LogP contribution >= 0.6 is 15.9 Å². The first-order valence-electron chi connectivity index (χ1n) is 4.30. The number of hydrogen-bond donors (Lipinski definition) is 1. The molecule has 1 aromatic heterocycles. The molecule has 0 saturated carbocycles. The minimum atomic E-state index is -0.341. The highest BCUT2D eigenvalue weighted by molar-refractivity contribution is 9.10. The van der Waals surface area contributed by atoms with E-state index >= 15 is 0 Å². The molecule has 0 amide bonds. The van der Waals surface area contributed by atoms with Gasteiger partial charge in [-0.25, -0.2) is 9.37 Å². The number of nitrogens with zero attached hydrogens (tertiary/aromatic N) is 1. The van der Waals surface area contributed by atoms with Crippen molar-refractivity contribution in [2.75, 3.05) is 0 Å². The lowest BCUT2D eigenvalue weighted by molar-refractivity contribution is 0.569. The van der Waals surface area contributed by atoms with Crippen molar-refractivity contribution in [3.63, 3.8) is 0 Å². The summed E-state index contributed by atoms with van der Waals surface area (Å²) in [6, 6.07) is 4.74. The molecule has 2 rings (SSSR count). The van der Waals surface area contributed by atoms with Gasteiger partial charge < -0.3 is 10.2 Å². The van der Waals surface area contributed by atoms with Crippen LogP contribution < -0.4 is 5.73 Å². The van der Waals surface area contributed by atoms with Crippen LogP contribution in [0.3, 0.4) is 0 Å². The second-order valence-corrected chi connectivity index (χ2v) is 3.82. The summed E-state index contributed by atoms with van der Waals surface area (Å²) >= 11 is 3.08. The number of nitrogens with two attached hydrogens (primary N) is 1. The highest BCUT2D eigenvalue weighted by Gasteiger charge is 2.10. The molecule has 1 aromatic carbocycles. The Kier molecular flexibility index (Phi) is 2.83. The van der Waals surface area contributed by atoms with Crippen LogP contribution in [0.5, 0.6) is 0 Å². The van der Waals surface area contributed by atoms with Gasteiger partial charge >= 0.3 is 0 Å². The fourth-order valence-electron chi connectivity index (χ4n) is 1.29. The van der Waals surface area contributed by atoms with Gasteiger partial charge in [0, 0.05) is 12.1 Å². The van der Waals surface area contributed by atoms with Crippen LogP contribution in [-0.4, -0.2) is 4.98 Å². The molecule has 0 bridgehead atoms. The molecule has 78 valence electrons. The van der Waals surface area contributed by atoms with Gasteiger partial charge in [-0.3, -0.25) is 0 Å². The van der Waals surface area contributed by atoms with Crippen molar-refractivity contribution in [2.24, 2.45) is 5.73 Å². The molecular formula is C10H8BrFN2O. The lowest BCUT2D eigenvalue weighted by Gasteiger charge is -2.00.